The summed E-state index contributed by atoms with van der Waals surface area (Å²) < 4.78 is 6.11. The van der Waals surface area contributed by atoms with Crippen molar-refractivity contribution in [2.75, 3.05) is 0 Å². The Morgan fingerprint density at radius 3 is 1.60 bits per heavy atom. The fraction of sp³-hybridized carbons (Fsp3) is 0.500. The molecule has 1 nitrogen and oxygen atoms in total. The minimum Gasteiger partial charge on any atom is -0.490 e. The standard InChI is InChI=1S/C20H24O.2C2H6/c1-15-3-7-17(8-4-15)18-9-13-20(14-10-18)21-19-11-5-16(2)6-12-19;2*1-2/h3-4,7-10,13-14,16,19H,5-6,11-12H2,1-2H3;2*1-2H3. The summed E-state index contributed by atoms with van der Waals surface area (Å²) in [5.41, 5.74) is 3.81. The topological polar surface area (TPSA) is 9.23 Å². The summed E-state index contributed by atoms with van der Waals surface area (Å²) in [5, 5.41) is 0. The van der Waals surface area contributed by atoms with Gasteiger partial charge in [0.15, 0.2) is 0 Å². The SMILES string of the molecule is CC.CC.Cc1ccc(-c2ccc(OC3CCC(C)CC3)cc2)cc1. The van der Waals surface area contributed by atoms with E-state index in [1.54, 1.807) is 0 Å². The second-order valence-corrected chi connectivity index (χ2v) is 6.39. The molecule has 0 amide bonds. The fourth-order valence-electron chi connectivity index (χ4n) is 3.01. The van der Waals surface area contributed by atoms with E-state index in [0.29, 0.717) is 6.10 Å². The molecule has 1 saturated carbocycles. The Labute approximate surface area is 155 Å². The van der Waals surface area contributed by atoms with Gasteiger partial charge in [-0.1, -0.05) is 76.6 Å². The van der Waals surface area contributed by atoms with Crippen molar-refractivity contribution in [3.05, 3.63) is 54.1 Å². The molecule has 1 heteroatoms. The van der Waals surface area contributed by atoms with Crippen LogP contribution in [0.15, 0.2) is 48.5 Å². The molecule has 0 saturated heterocycles. The summed E-state index contributed by atoms with van der Waals surface area (Å²) in [4.78, 5) is 0. The molecule has 0 bridgehead atoms. The molecule has 0 aromatic heterocycles. The summed E-state index contributed by atoms with van der Waals surface area (Å²) in [6.45, 7) is 12.5. The molecule has 3 rings (SSSR count). The third-order valence-corrected chi connectivity index (χ3v) is 4.50. The molecule has 0 aliphatic heterocycles. The van der Waals surface area contributed by atoms with Gasteiger partial charge in [0.1, 0.15) is 5.75 Å². The van der Waals surface area contributed by atoms with Crippen LogP contribution >= 0.6 is 0 Å². The molecular weight excluding hydrogens is 304 g/mol. The van der Waals surface area contributed by atoms with E-state index in [-0.39, 0.29) is 0 Å². The second-order valence-electron chi connectivity index (χ2n) is 6.39. The maximum Gasteiger partial charge on any atom is 0.119 e. The van der Waals surface area contributed by atoms with Crippen LogP contribution in [0.25, 0.3) is 11.1 Å². The van der Waals surface area contributed by atoms with Gasteiger partial charge in [-0.15, -0.1) is 0 Å². The molecule has 1 aliphatic rings. The zero-order valence-corrected chi connectivity index (χ0v) is 17.0. The van der Waals surface area contributed by atoms with Crippen LogP contribution in [0.5, 0.6) is 5.75 Å². The van der Waals surface area contributed by atoms with Crippen LogP contribution in [0.1, 0.15) is 65.9 Å². The Hall–Kier alpha value is -1.76. The molecule has 25 heavy (non-hydrogen) atoms. The van der Waals surface area contributed by atoms with Gasteiger partial charge < -0.3 is 4.74 Å². The predicted octanol–water partition coefficient (Wildman–Crippen LogP) is 7.67. The van der Waals surface area contributed by atoms with Crippen molar-refractivity contribution in [2.24, 2.45) is 5.92 Å². The summed E-state index contributed by atoms with van der Waals surface area (Å²) in [5.74, 6) is 1.87. The van der Waals surface area contributed by atoms with Crippen LogP contribution in [-0.4, -0.2) is 6.10 Å². The summed E-state index contributed by atoms with van der Waals surface area (Å²) in [6, 6.07) is 17.2. The van der Waals surface area contributed by atoms with E-state index >= 15 is 0 Å². The van der Waals surface area contributed by atoms with Crippen molar-refractivity contribution in [2.45, 2.75) is 73.3 Å². The first-order valence-electron chi connectivity index (χ1n) is 10.0. The van der Waals surface area contributed by atoms with Gasteiger partial charge in [0.25, 0.3) is 0 Å². The van der Waals surface area contributed by atoms with Crippen LogP contribution in [0, 0.1) is 12.8 Å². The highest BCUT2D eigenvalue weighted by molar-refractivity contribution is 5.64. The molecular formula is C24H36O. The Balaban J connectivity index is 0.000000730. The van der Waals surface area contributed by atoms with Crippen molar-refractivity contribution in [3.63, 3.8) is 0 Å². The number of rotatable bonds is 3. The minimum atomic E-state index is 0.409. The van der Waals surface area contributed by atoms with Crippen molar-refractivity contribution in [1.82, 2.24) is 0 Å². The van der Waals surface area contributed by atoms with E-state index in [9.17, 15) is 0 Å². The molecule has 0 unspecified atom stereocenters. The van der Waals surface area contributed by atoms with Crippen molar-refractivity contribution in [3.8, 4) is 16.9 Å². The number of benzene rings is 2. The molecule has 0 heterocycles. The van der Waals surface area contributed by atoms with E-state index in [2.05, 4.69) is 62.4 Å². The second kappa shape index (κ2) is 11.7. The minimum absolute atomic E-state index is 0.409. The van der Waals surface area contributed by atoms with E-state index < -0.39 is 0 Å². The first kappa shape index (κ1) is 21.3. The lowest BCUT2D eigenvalue weighted by Gasteiger charge is -2.26. The van der Waals surface area contributed by atoms with Crippen molar-refractivity contribution in [1.29, 1.82) is 0 Å². The van der Waals surface area contributed by atoms with Gasteiger partial charge >= 0.3 is 0 Å². The van der Waals surface area contributed by atoms with Gasteiger partial charge in [-0.25, -0.2) is 0 Å². The van der Waals surface area contributed by atoms with Crippen LogP contribution < -0.4 is 4.74 Å². The zero-order chi connectivity index (χ0) is 18.7. The largest absolute Gasteiger partial charge is 0.490 e. The predicted molar refractivity (Wildman–Crippen MR) is 111 cm³/mol. The van der Waals surface area contributed by atoms with Gasteiger partial charge in [0, 0.05) is 0 Å². The number of hydrogen-bond acceptors (Lipinski definition) is 1. The van der Waals surface area contributed by atoms with Gasteiger partial charge in [0.2, 0.25) is 0 Å². The maximum atomic E-state index is 6.11. The normalized spacial score (nSPS) is 19.0. The molecule has 1 fully saturated rings. The smallest absolute Gasteiger partial charge is 0.119 e. The molecule has 0 radical (unpaired) electrons. The van der Waals surface area contributed by atoms with E-state index in [4.69, 9.17) is 4.74 Å². The van der Waals surface area contributed by atoms with Gasteiger partial charge in [-0.05, 0) is 61.8 Å². The Kier molecular flexibility index (Phi) is 9.99. The molecule has 138 valence electrons. The van der Waals surface area contributed by atoms with E-state index in [1.165, 1.54) is 42.4 Å². The van der Waals surface area contributed by atoms with Gasteiger partial charge in [-0.2, -0.15) is 0 Å². The Morgan fingerprint density at radius 2 is 1.12 bits per heavy atom. The highest BCUT2D eigenvalue weighted by atomic mass is 16.5. The monoisotopic (exact) mass is 340 g/mol. The Morgan fingerprint density at radius 1 is 0.680 bits per heavy atom. The van der Waals surface area contributed by atoms with Crippen LogP contribution in [0.4, 0.5) is 0 Å². The highest BCUT2D eigenvalue weighted by Gasteiger charge is 2.19. The van der Waals surface area contributed by atoms with E-state index in [0.717, 1.165) is 11.7 Å². The first-order valence-corrected chi connectivity index (χ1v) is 10.0. The summed E-state index contributed by atoms with van der Waals surface area (Å²) in [6.07, 6.45) is 5.39. The van der Waals surface area contributed by atoms with Crippen LogP contribution in [0.3, 0.4) is 0 Å². The third-order valence-electron chi connectivity index (χ3n) is 4.50. The molecule has 1 aliphatic carbocycles. The number of ether oxygens (including phenoxy) is 1. The molecule has 0 spiro atoms. The van der Waals surface area contributed by atoms with Crippen molar-refractivity contribution >= 4 is 0 Å². The average Bonchev–Trinajstić information content (AvgIpc) is 2.68. The average molecular weight is 341 g/mol. The molecule has 2 aromatic rings. The number of hydrogen-bond donors (Lipinski definition) is 0. The highest BCUT2D eigenvalue weighted by Crippen LogP contribution is 2.28. The Bertz CT molecular complexity index is 560. The van der Waals surface area contributed by atoms with Crippen molar-refractivity contribution < 1.29 is 4.74 Å². The lowest BCUT2D eigenvalue weighted by Crippen LogP contribution is -2.22. The fourth-order valence-corrected chi connectivity index (χ4v) is 3.01. The first-order chi connectivity index (χ1) is 12.2. The maximum absolute atomic E-state index is 6.11. The van der Waals surface area contributed by atoms with Gasteiger partial charge in [-0.3, -0.25) is 0 Å². The lowest BCUT2D eigenvalue weighted by molar-refractivity contribution is 0.135. The third kappa shape index (κ3) is 6.94. The van der Waals surface area contributed by atoms with Crippen LogP contribution in [-0.2, 0) is 0 Å². The quantitative estimate of drug-likeness (QED) is 0.557. The van der Waals surface area contributed by atoms with Gasteiger partial charge in [0.05, 0.1) is 6.10 Å². The summed E-state index contributed by atoms with van der Waals surface area (Å²) >= 11 is 0. The zero-order valence-electron chi connectivity index (χ0n) is 17.0. The number of aryl methyl sites for hydroxylation is 1. The molecule has 2 aromatic carbocycles. The lowest BCUT2D eigenvalue weighted by atomic mass is 9.89. The summed E-state index contributed by atoms with van der Waals surface area (Å²) in [7, 11) is 0. The molecule has 0 N–H and O–H groups in total. The van der Waals surface area contributed by atoms with E-state index in [1.807, 2.05) is 27.7 Å². The van der Waals surface area contributed by atoms with Crippen LogP contribution in [0.2, 0.25) is 0 Å². The molecule has 0 atom stereocenters.